The number of carboxylic acids is 1. The van der Waals surface area contributed by atoms with Gasteiger partial charge in [-0.3, -0.25) is 4.79 Å². The van der Waals surface area contributed by atoms with E-state index in [0.29, 0.717) is 22.8 Å². The van der Waals surface area contributed by atoms with Crippen molar-refractivity contribution in [3.8, 4) is 23.1 Å². The van der Waals surface area contributed by atoms with Crippen molar-refractivity contribution in [3.05, 3.63) is 96.3 Å². The van der Waals surface area contributed by atoms with Crippen molar-refractivity contribution in [2.75, 3.05) is 0 Å². The van der Waals surface area contributed by atoms with Gasteiger partial charge in [0, 0.05) is 30.1 Å². The summed E-state index contributed by atoms with van der Waals surface area (Å²) in [5.41, 5.74) is 1.94. The zero-order valence-corrected chi connectivity index (χ0v) is 16.2. The molecule has 0 aliphatic carbocycles. The third-order valence-electron chi connectivity index (χ3n) is 4.55. The van der Waals surface area contributed by atoms with E-state index in [2.05, 4.69) is 19.9 Å². The lowest BCUT2D eigenvalue weighted by molar-refractivity contribution is -0.137. The first-order valence-electron chi connectivity index (χ1n) is 9.44. The molecule has 4 aromatic rings. The largest absolute Gasteiger partial charge is 0.481 e. The molecule has 2 heterocycles. The highest BCUT2D eigenvalue weighted by atomic mass is 19.1. The van der Waals surface area contributed by atoms with Crippen molar-refractivity contribution in [2.45, 2.75) is 12.3 Å². The van der Waals surface area contributed by atoms with Crippen molar-refractivity contribution < 1.29 is 19.0 Å². The summed E-state index contributed by atoms with van der Waals surface area (Å²) in [5.74, 6) is -0.847. The van der Waals surface area contributed by atoms with Crippen LogP contribution in [0.1, 0.15) is 23.6 Å². The highest BCUT2D eigenvalue weighted by Gasteiger charge is 2.20. The Kier molecular flexibility index (Phi) is 5.89. The van der Waals surface area contributed by atoms with Crippen LogP contribution in [-0.2, 0) is 4.79 Å². The second kappa shape index (κ2) is 9.08. The monoisotopic (exact) mass is 416 g/mol. The van der Waals surface area contributed by atoms with Crippen molar-refractivity contribution in [2.24, 2.45) is 0 Å². The molecule has 1 atom stereocenters. The Balaban J connectivity index is 1.56. The number of benzene rings is 2. The molecule has 154 valence electrons. The molecule has 0 aliphatic heterocycles. The first-order valence-corrected chi connectivity index (χ1v) is 9.44. The second-order valence-corrected chi connectivity index (χ2v) is 6.66. The Morgan fingerprint density at radius 2 is 1.65 bits per heavy atom. The molecule has 0 spiro atoms. The number of nitrogens with zero attached hydrogens (tertiary/aromatic N) is 4. The minimum atomic E-state index is -0.992. The molecule has 7 nitrogen and oxygen atoms in total. The molecular weight excluding hydrogens is 399 g/mol. The number of aliphatic carboxylic acids is 1. The third-order valence-corrected chi connectivity index (χ3v) is 4.55. The molecule has 0 radical (unpaired) electrons. The van der Waals surface area contributed by atoms with Crippen LogP contribution in [0.4, 0.5) is 4.39 Å². The molecular formula is C23H17FN4O3. The van der Waals surface area contributed by atoms with Crippen LogP contribution in [0.25, 0.3) is 11.4 Å². The smallest absolute Gasteiger partial charge is 0.322 e. The summed E-state index contributed by atoms with van der Waals surface area (Å²) < 4.78 is 19.0. The van der Waals surface area contributed by atoms with Crippen LogP contribution in [0.5, 0.6) is 11.8 Å². The Bertz CT molecular complexity index is 1170. The number of carboxylic acid groups (broad SMARTS) is 1. The quantitative estimate of drug-likeness (QED) is 0.474. The van der Waals surface area contributed by atoms with E-state index in [-0.39, 0.29) is 12.4 Å². The van der Waals surface area contributed by atoms with E-state index in [0.717, 1.165) is 5.56 Å². The SMILES string of the molecule is O=C(O)CC(c1ccc(F)cc1)c1ccnc(Oc2ccc(-c3ncccn3)cc2)n1. The van der Waals surface area contributed by atoms with Gasteiger partial charge in [0.05, 0.1) is 12.1 Å². The van der Waals surface area contributed by atoms with Gasteiger partial charge in [0.2, 0.25) is 0 Å². The van der Waals surface area contributed by atoms with Gasteiger partial charge in [0.1, 0.15) is 11.6 Å². The Hall–Kier alpha value is -4.20. The van der Waals surface area contributed by atoms with Gasteiger partial charge in [0.25, 0.3) is 0 Å². The van der Waals surface area contributed by atoms with Gasteiger partial charge in [0.15, 0.2) is 5.82 Å². The number of carbonyl (C=O) groups is 1. The molecule has 0 aliphatic rings. The molecule has 1 unspecified atom stereocenters. The van der Waals surface area contributed by atoms with Gasteiger partial charge in [-0.25, -0.2) is 19.3 Å². The Labute approximate surface area is 177 Å². The van der Waals surface area contributed by atoms with Crippen molar-refractivity contribution in [1.29, 1.82) is 0 Å². The first kappa shape index (κ1) is 20.1. The maximum absolute atomic E-state index is 13.3. The average Bonchev–Trinajstić information content (AvgIpc) is 2.79. The number of hydrogen-bond donors (Lipinski definition) is 1. The highest BCUT2D eigenvalue weighted by molar-refractivity contribution is 5.69. The molecule has 2 aromatic carbocycles. The van der Waals surface area contributed by atoms with Gasteiger partial charge in [-0.2, -0.15) is 4.98 Å². The minimum absolute atomic E-state index is 0.0821. The topological polar surface area (TPSA) is 98.1 Å². The second-order valence-electron chi connectivity index (χ2n) is 6.66. The van der Waals surface area contributed by atoms with E-state index in [1.807, 2.05) is 12.1 Å². The summed E-state index contributed by atoms with van der Waals surface area (Å²) in [6.45, 7) is 0. The molecule has 0 fully saturated rings. The molecule has 2 aromatic heterocycles. The van der Waals surface area contributed by atoms with Gasteiger partial charge in [-0.1, -0.05) is 12.1 Å². The lowest BCUT2D eigenvalue weighted by Gasteiger charge is -2.15. The molecule has 31 heavy (non-hydrogen) atoms. The molecule has 0 saturated carbocycles. The maximum Gasteiger partial charge on any atom is 0.322 e. The van der Waals surface area contributed by atoms with Gasteiger partial charge < -0.3 is 9.84 Å². The average molecular weight is 416 g/mol. The number of ether oxygens (including phenoxy) is 1. The highest BCUT2D eigenvalue weighted by Crippen LogP contribution is 2.29. The lowest BCUT2D eigenvalue weighted by atomic mass is 9.92. The van der Waals surface area contributed by atoms with Crippen molar-refractivity contribution in [1.82, 2.24) is 19.9 Å². The van der Waals surface area contributed by atoms with Crippen LogP contribution in [0, 0.1) is 5.82 Å². The predicted molar refractivity (Wildman–Crippen MR) is 110 cm³/mol. The summed E-state index contributed by atoms with van der Waals surface area (Å²) in [6, 6.07) is 16.3. The predicted octanol–water partition coefficient (Wildman–Crippen LogP) is 4.47. The van der Waals surface area contributed by atoms with E-state index < -0.39 is 17.7 Å². The zero-order valence-electron chi connectivity index (χ0n) is 16.2. The standard InChI is InChI=1S/C23H17FN4O3/c24-17-6-2-15(3-7-17)19(14-21(29)30)20-10-13-27-23(28-20)31-18-8-4-16(5-9-18)22-25-11-1-12-26-22/h1-13,19H,14H2,(H,29,30). The first-order chi connectivity index (χ1) is 15.1. The Morgan fingerprint density at radius 1 is 0.935 bits per heavy atom. The fourth-order valence-corrected chi connectivity index (χ4v) is 3.09. The van der Waals surface area contributed by atoms with E-state index in [9.17, 15) is 14.3 Å². The summed E-state index contributed by atoms with van der Waals surface area (Å²) in [7, 11) is 0. The van der Waals surface area contributed by atoms with Crippen molar-refractivity contribution in [3.63, 3.8) is 0 Å². The van der Waals surface area contributed by atoms with Gasteiger partial charge in [-0.15, -0.1) is 0 Å². The number of rotatable bonds is 7. The molecule has 4 rings (SSSR count). The van der Waals surface area contributed by atoms with E-state index >= 15 is 0 Å². The van der Waals surface area contributed by atoms with E-state index in [1.165, 1.54) is 18.3 Å². The fourth-order valence-electron chi connectivity index (χ4n) is 3.09. The molecule has 0 amide bonds. The van der Waals surface area contributed by atoms with E-state index in [4.69, 9.17) is 4.74 Å². The summed E-state index contributed by atoms with van der Waals surface area (Å²) in [5, 5.41) is 9.33. The number of hydrogen-bond acceptors (Lipinski definition) is 6. The summed E-state index contributed by atoms with van der Waals surface area (Å²) in [4.78, 5) is 28.3. The van der Waals surface area contributed by atoms with Crippen LogP contribution in [-0.4, -0.2) is 31.0 Å². The molecule has 1 N–H and O–H groups in total. The van der Waals surface area contributed by atoms with Gasteiger partial charge >= 0.3 is 12.0 Å². The normalized spacial score (nSPS) is 11.6. The summed E-state index contributed by atoms with van der Waals surface area (Å²) >= 11 is 0. The van der Waals surface area contributed by atoms with Gasteiger partial charge in [-0.05, 0) is 54.1 Å². The van der Waals surface area contributed by atoms with Crippen LogP contribution in [0.2, 0.25) is 0 Å². The lowest BCUT2D eigenvalue weighted by Crippen LogP contribution is -2.10. The number of halogens is 1. The van der Waals surface area contributed by atoms with Crippen LogP contribution >= 0.6 is 0 Å². The van der Waals surface area contributed by atoms with Crippen LogP contribution in [0.15, 0.2) is 79.3 Å². The Morgan fingerprint density at radius 3 is 2.32 bits per heavy atom. The minimum Gasteiger partial charge on any atom is -0.481 e. The molecule has 0 saturated heterocycles. The maximum atomic E-state index is 13.3. The zero-order chi connectivity index (χ0) is 21.6. The van der Waals surface area contributed by atoms with Crippen LogP contribution < -0.4 is 4.74 Å². The van der Waals surface area contributed by atoms with Crippen LogP contribution in [0.3, 0.4) is 0 Å². The van der Waals surface area contributed by atoms with E-state index in [1.54, 1.807) is 48.8 Å². The molecule has 8 heteroatoms. The number of aromatic nitrogens is 4. The summed E-state index contributed by atoms with van der Waals surface area (Å²) in [6.07, 6.45) is 4.64. The molecule has 0 bridgehead atoms. The fraction of sp³-hybridized carbons (Fsp3) is 0.0870. The van der Waals surface area contributed by atoms with Crippen molar-refractivity contribution >= 4 is 5.97 Å². The third kappa shape index (κ3) is 5.05.